The van der Waals surface area contributed by atoms with Crippen molar-refractivity contribution in [2.75, 3.05) is 13.7 Å². The van der Waals surface area contributed by atoms with E-state index in [0.29, 0.717) is 18.8 Å². The molecule has 0 spiro atoms. The van der Waals surface area contributed by atoms with Crippen LogP contribution in [0.3, 0.4) is 0 Å². The predicted octanol–water partition coefficient (Wildman–Crippen LogP) is 3.40. The summed E-state index contributed by atoms with van der Waals surface area (Å²) in [6.07, 6.45) is 11.7. The van der Waals surface area contributed by atoms with Crippen molar-refractivity contribution in [1.82, 2.24) is 14.7 Å². The first kappa shape index (κ1) is 14.7. The number of nitrogens with zero attached hydrogens (tertiary/aromatic N) is 3. The lowest BCUT2D eigenvalue weighted by Crippen LogP contribution is -2.64. The fourth-order valence-electron chi connectivity index (χ4n) is 4.08. The molecule has 2 saturated carbocycles. The van der Waals surface area contributed by atoms with Gasteiger partial charge in [0.1, 0.15) is 0 Å². The van der Waals surface area contributed by atoms with Crippen LogP contribution in [0.5, 0.6) is 0 Å². The number of rotatable bonds is 2. The normalized spacial score (nSPS) is 26.6. The number of carbonyl (C=O) groups is 2. The number of amides is 4. The minimum atomic E-state index is -0.0982. The summed E-state index contributed by atoms with van der Waals surface area (Å²) in [5, 5.41) is 0. The van der Waals surface area contributed by atoms with Gasteiger partial charge in [0.15, 0.2) is 0 Å². The Labute approximate surface area is 127 Å². The van der Waals surface area contributed by atoms with Crippen molar-refractivity contribution in [2.45, 2.75) is 76.3 Å². The lowest BCUT2D eigenvalue weighted by molar-refractivity contribution is 0.0338. The molecule has 3 rings (SSSR count). The molecule has 4 amide bonds. The van der Waals surface area contributed by atoms with Crippen LogP contribution in [0.15, 0.2) is 0 Å². The van der Waals surface area contributed by atoms with Crippen molar-refractivity contribution >= 4 is 12.1 Å². The highest BCUT2D eigenvalue weighted by Gasteiger charge is 2.41. The van der Waals surface area contributed by atoms with E-state index in [9.17, 15) is 9.59 Å². The van der Waals surface area contributed by atoms with Crippen LogP contribution in [0.4, 0.5) is 9.59 Å². The van der Waals surface area contributed by atoms with Gasteiger partial charge in [-0.3, -0.25) is 0 Å². The van der Waals surface area contributed by atoms with E-state index < -0.39 is 0 Å². The number of carbonyl (C=O) groups excluding carboxylic acids is 2. The maximum Gasteiger partial charge on any atom is 0.329 e. The molecule has 0 atom stereocenters. The van der Waals surface area contributed by atoms with E-state index in [0.717, 1.165) is 25.7 Å². The van der Waals surface area contributed by atoms with E-state index in [1.807, 2.05) is 9.80 Å². The van der Waals surface area contributed by atoms with Gasteiger partial charge in [0.25, 0.3) is 0 Å². The van der Waals surface area contributed by atoms with Crippen molar-refractivity contribution in [3.8, 4) is 0 Å². The molecule has 5 nitrogen and oxygen atoms in total. The van der Waals surface area contributed by atoms with E-state index in [2.05, 4.69) is 0 Å². The lowest BCUT2D eigenvalue weighted by Gasteiger charge is -2.47. The Morgan fingerprint density at radius 3 is 1.48 bits per heavy atom. The summed E-state index contributed by atoms with van der Waals surface area (Å²) in [6, 6.07) is 0.457. The molecule has 0 aromatic carbocycles. The zero-order valence-electron chi connectivity index (χ0n) is 13.1. The number of hydrogen-bond acceptors (Lipinski definition) is 2. The number of imide groups is 1. The summed E-state index contributed by atoms with van der Waals surface area (Å²) >= 11 is 0. The molecule has 3 aliphatic rings. The molecule has 5 heteroatoms. The molecule has 1 heterocycles. The standard InChI is InChI=1S/C16H27N3O2/c1-17-15(20)18(13-8-4-2-5-9-13)12-19(16(17)21)14-10-6-3-7-11-14/h13-14H,2-12H2,1H3. The molecule has 1 aliphatic heterocycles. The Morgan fingerprint density at radius 1 is 0.714 bits per heavy atom. The van der Waals surface area contributed by atoms with Crippen LogP contribution in [-0.4, -0.2) is 52.6 Å². The molecule has 1 saturated heterocycles. The summed E-state index contributed by atoms with van der Waals surface area (Å²) in [6.45, 7) is 0.511. The van der Waals surface area contributed by atoms with Gasteiger partial charge >= 0.3 is 12.1 Å². The van der Waals surface area contributed by atoms with Crippen molar-refractivity contribution in [3.05, 3.63) is 0 Å². The van der Waals surface area contributed by atoms with Crippen molar-refractivity contribution in [1.29, 1.82) is 0 Å². The van der Waals surface area contributed by atoms with Gasteiger partial charge in [-0.05, 0) is 25.7 Å². The minimum absolute atomic E-state index is 0.0982. The van der Waals surface area contributed by atoms with E-state index in [4.69, 9.17) is 0 Å². The monoisotopic (exact) mass is 293 g/mol. The summed E-state index contributed by atoms with van der Waals surface area (Å²) in [4.78, 5) is 30.2. The Hall–Kier alpha value is -1.26. The van der Waals surface area contributed by atoms with Gasteiger partial charge in [-0.2, -0.15) is 0 Å². The first-order valence-corrected chi connectivity index (χ1v) is 8.53. The van der Waals surface area contributed by atoms with Crippen LogP contribution in [-0.2, 0) is 0 Å². The highest BCUT2D eigenvalue weighted by atomic mass is 16.2. The number of hydrogen-bond donors (Lipinski definition) is 0. The molecule has 0 bridgehead atoms. The molecular weight excluding hydrogens is 266 g/mol. The third kappa shape index (κ3) is 2.87. The van der Waals surface area contributed by atoms with Crippen molar-refractivity contribution < 1.29 is 9.59 Å². The second-order valence-electron chi connectivity index (χ2n) is 6.79. The number of urea groups is 2. The zero-order chi connectivity index (χ0) is 14.8. The zero-order valence-corrected chi connectivity index (χ0v) is 13.1. The molecular formula is C16H27N3O2. The van der Waals surface area contributed by atoms with Gasteiger partial charge in [0.2, 0.25) is 0 Å². The van der Waals surface area contributed by atoms with Crippen LogP contribution in [0.25, 0.3) is 0 Å². The topological polar surface area (TPSA) is 43.9 Å². The summed E-state index contributed by atoms with van der Waals surface area (Å²) < 4.78 is 0. The van der Waals surface area contributed by atoms with Crippen molar-refractivity contribution in [2.24, 2.45) is 0 Å². The highest BCUT2D eigenvalue weighted by Crippen LogP contribution is 2.29. The molecule has 0 unspecified atom stereocenters. The van der Waals surface area contributed by atoms with E-state index in [-0.39, 0.29) is 12.1 Å². The SMILES string of the molecule is CN1C(=O)N(C2CCCCC2)CN(C2CCCCC2)C1=O. The van der Waals surface area contributed by atoms with E-state index in [1.165, 1.54) is 43.4 Å². The third-order valence-electron chi connectivity index (χ3n) is 5.40. The van der Waals surface area contributed by atoms with Crippen LogP contribution in [0.2, 0.25) is 0 Å². The fourth-order valence-corrected chi connectivity index (χ4v) is 4.08. The van der Waals surface area contributed by atoms with E-state index in [1.54, 1.807) is 7.05 Å². The second-order valence-corrected chi connectivity index (χ2v) is 6.79. The summed E-state index contributed by atoms with van der Waals surface area (Å²) in [5.41, 5.74) is 0. The van der Waals surface area contributed by atoms with Gasteiger partial charge in [-0.15, -0.1) is 0 Å². The van der Waals surface area contributed by atoms with Gasteiger partial charge < -0.3 is 9.80 Å². The molecule has 0 N–H and O–H groups in total. The first-order valence-electron chi connectivity index (χ1n) is 8.53. The molecule has 0 aromatic heterocycles. The van der Waals surface area contributed by atoms with Gasteiger partial charge in [-0.25, -0.2) is 14.5 Å². The summed E-state index contributed by atoms with van der Waals surface area (Å²) in [5.74, 6) is 0. The van der Waals surface area contributed by atoms with Crippen molar-refractivity contribution in [3.63, 3.8) is 0 Å². The fraction of sp³-hybridized carbons (Fsp3) is 0.875. The van der Waals surface area contributed by atoms with Gasteiger partial charge in [0, 0.05) is 19.1 Å². The molecule has 2 aliphatic carbocycles. The van der Waals surface area contributed by atoms with Crippen LogP contribution in [0.1, 0.15) is 64.2 Å². The average Bonchev–Trinajstić information content (AvgIpc) is 2.55. The quantitative estimate of drug-likeness (QED) is 0.783. The summed E-state index contributed by atoms with van der Waals surface area (Å²) in [7, 11) is 1.63. The lowest BCUT2D eigenvalue weighted by atomic mass is 9.93. The smallest absolute Gasteiger partial charge is 0.303 e. The molecule has 0 radical (unpaired) electrons. The second kappa shape index (κ2) is 6.24. The average molecular weight is 293 g/mol. The maximum atomic E-state index is 12.5. The van der Waals surface area contributed by atoms with Crippen LogP contribution < -0.4 is 0 Å². The molecule has 21 heavy (non-hydrogen) atoms. The Morgan fingerprint density at radius 2 is 1.10 bits per heavy atom. The largest absolute Gasteiger partial charge is 0.329 e. The van der Waals surface area contributed by atoms with Gasteiger partial charge in [0.05, 0.1) is 6.67 Å². The highest BCUT2D eigenvalue weighted by molar-refractivity contribution is 5.95. The van der Waals surface area contributed by atoms with Crippen LogP contribution >= 0.6 is 0 Å². The minimum Gasteiger partial charge on any atom is -0.303 e. The Kier molecular flexibility index (Phi) is 4.36. The first-order chi connectivity index (χ1) is 10.2. The molecule has 118 valence electrons. The van der Waals surface area contributed by atoms with E-state index >= 15 is 0 Å². The van der Waals surface area contributed by atoms with Gasteiger partial charge in [-0.1, -0.05) is 38.5 Å². The Balaban J connectivity index is 1.74. The predicted molar refractivity (Wildman–Crippen MR) is 80.8 cm³/mol. The Bertz CT molecular complexity index is 364. The third-order valence-corrected chi connectivity index (χ3v) is 5.40. The van der Waals surface area contributed by atoms with Crippen LogP contribution in [0, 0.1) is 0 Å². The molecule has 0 aromatic rings. The molecule has 3 fully saturated rings. The maximum absolute atomic E-state index is 12.5.